The number of carbonyl (C=O) groups excluding carboxylic acids is 1. The number of benzene rings is 2. The van der Waals surface area contributed by atoms with Crippen molar-refractivity contribution in [1.82, 2.24) is 9.80 Å². The zero-order chi connectivity index (χ0) is 23.0. The van der Waals surface area contributed by atoms with Crippen LogP contribution in [0.15, 0.2) is 48.5 Å². The summed E-state index contributed by atoms with van der Waals surface area (Å²) in [6.45, 7) is 6.81. The minimum absolute atomic E-state index is 0.0523. The van der Waals surface area contributed by atoms with Gasteiger partial charge in [0.2, 0.25) is 0 Å². The van der Waals surface area contributed by atoms with Gasteiger partial charge in [0.15, 0.2) is 0 Å². The topological polar surface area (TPSA) is 73.3 Å². The summed E-state index contributed by atoms with van der Waals surface area (Å²) in [6.07, 6.45) is 5.05. The Bertz CT molecular complexity index is 933. The molecular formula is C26H33N3O4. The zero-order valence-electron chi connectivity index (χ0n) is 19.1. The highest BCUT2D eigenvalue weighted by molar-refractivity contribution is 6.04. The molecule has 0 bridgehead atoms. The van der Waals surface area contributed by atoms with E-state index in [-0.39, 0.29) is 17.0 Å². The van der Waals surface area contributed by atoms with Crippen molar-refractivity contribution in [1.29, 1.82) is 0 Å². The first-order chi connectivity index (χ1) is 16.1. The third-order valence-electron chi connectivity index (χ3n) is 6.49. The number of hydrogen-bond donors (Lipinski definition) is 1. The van der Waals surface area contributed by atoms with Crippen molar-refractivity contribution in [3.63, 3.8) is 0 Å². The van der Waals surface area contributed by atoms with Gasteiger partial charge in [-0.3, -0.25) is 4.79 Å². The molecule has 1 amide bonds. The van der Waals surface area contributed by atoms with Crippen molar-refractivity contribution in [3.8, 4) is 5.75 Å². The molecule has 7 nitrogen and oxygen atoms in total. The Morgan fingerprint density at radius 3 is 2.15 bits per heavy atom. The van der Waals surface area contributed by atoms with Crippen molar-refractivity contribution < 1.29 is 19.4 Å². The summed E-state index contributed by atoms with van der Waals surface area (Å²) < 4.78 is 5.92. The van der Waals surface area contributed by atoms with Gasteiger partial charge in [-0.05, 0) is 68.8 Å². The summed E-state index contributed by atoms with van der Waals surface area (Å²) >= 11 is 0. The van der Waals surface area contributed by atoms with Gasteiger partial charge in [0.25, 0.3) is 5.91 Å². The Hall–Kier alpha value is -3.06. The second-order valence-electron chi connectivity index (χ2n) is 8.73. The fourth-order valence-corrected chi connectivity index (χ4v) is 4.61. The van der Waals surface area contributed by atoms with Gasteiger partial charge in [-0.2, -0.15) is 0 Å². The lowest BCUT2D eigenvalue weighted by Gasteiger charge is -2.36. The number of ether oxygens (including phenoxy) is 1. The smallest absolute Gasteiger partial charge is 0.336 e. The van der Waals surface area contributed by atoms with Crippen molar-refractivity contribution in [2.24, 2.45) is 0 Å². The highest BCUT2D eigenvalue weighted by atomic mass is 16.5. The number of carbonyl (C=O) groups is 2. The van der Waals surface area contributed by atoms with Gasteiger partial charge in [-0.1, -0.05) is 18.6 Å². The second kappa shape index (κ2) is 11.2. The minimum atomic E-state index is -1.08. The Labute approximate surface area is 195 Å². The molecule has 2 aliphatic rings. The van der Waals surface area contributed by atoms with Crippen molar-refractivity contribution in [2.75, 3.05) is 57.3 Å². The number of likely N-dealkylation sites (tertiary alicyclic amines) is 1. The van der Waals surface area contributed by atoms with Gasteiger partial charge in [-0.15, -0.1) is 0 Å². The van der Waals surface area contributed by atoms with Crippen LogP contribution in [-0.2, 0) is 0 Å². The molecule has 0 radical (unpaired) electrons. The first-order valence-electron chi connectivity index (χ1n) is 11.9. The standard InChI is InChI=1S/C26H33N3O4/c30-25(23-7-2-3-8-24(23)26(31)32)29-18-16-28(17-19-29)21-9-11-22(12-10-21)33-20-6-15-27-13-4-1-5-14-27/h2-3,7-12H,1,4-6,13-20H2,(H,31,32). The number of rotatable bonds is 8. The average molecular weight is 452 g/mol. The molecule has 0 aromatic heterocycles. The largest absolute Gasteiger partial charge is 0.494 e. The molecule has 1 N–H and O–H groups in total. The lowest BCUT2D eigenvalue weighted by atomic mass is 10.1. The van der Waals surface area contributed by atoms with Crippen molar-refractivity contribution >= 4 is 17.6 Å². The number of piperidine rings is 1. The SMILES string of the molecule is O=C(O)c1ccccc1C(=O)N1CCN(c2ccc(OCCCN3CCCCC3)cc2)CC1. The predicted octanol–water partition coefficient (Wildman–Crippen LogP) is 3.60. The molecule has 0 saturated carbocycles. The van der Waals surface area contributed by atoms with E-state index in [1.54, 1.807) is 23.1 Å². The molecule has 2 aromatic carbocycles. The lowest BCUT2D eigenvalue weighted by molar-refractivity contribution is 0.0673. The monoisotopic (exact) mass is 451 g/mol. The number of aromatic carboxylic acids is 1. The summed E-state index contributed by atoms with van der Waals surface area (Å²) in [5, 5.41) is 9.36. The molecular weight excluding hydrogens is 418 g/mol. The predicted molar refractivity (Wildman–Crippen MR) is 128 cm³/mol. The molecule has 2 aliphatic heterocycles. The highest BCUT2D eigenvalue weighted by Crippen LogP contribution is 2.22. The van der Waals surface area contributed by atoms with Gasteiger partial charge in [0.05, 0.1) is 17.7 Å². The molecule has 0 aliphatic carbocycles. The van der Waals surface area contributed by atoms with Crippen LogP contribution in [-0.4, -0.2) is 79.2 Å². The summed E-state index contributed by atoms with van der Waals surface area (Å²) in [4.78, 5) is 30.8. The number of hydrogen-bond acceptors (Lipinski definition) is 5. The number of carboxylic acid groups (broad SMARTS) is 1. The van der Waals surface area contributed by atoms with E-state index in [9.17, 15) is 14.7 Å². The van der Waals surface area contributed by atoms with Crippen LogP contribution in [0.1, 0.15) is 46.4 Å². The summed E-state index contributed by atoms with van der Waals surface area (Å²) in [5.74, 6) is -0.413. The van der Waals surface area contributed by atoms with E-state index < -0.39 is 5.97 Å². The van der Waals surface area contributed by atoms with Crippen molar-refractivity contribution in [3.05, 3.63) is 59.7 Å². The molecule has 2 saturated heterocycles. The summed E-state index contributed by atoms with van der Waals surface area (Å²) in [7, 11) is 0. The Kier molecular flexibility index (Phi) is 7.83. The zero-order valence-corrected chi connectivity index (χ0v) is 19.1. The second-order valence-corrected chi connectivity index (χ2v) is 8.73. The number of nitrogens with zero attached hydrogens (tertiary/aromatic N) is 3. The van der Waals surface area contributed by atoms with Crippen LogP contribution in [0.4, 0.5) is 5.69 Å². The van der Waals surface area contributed by atoms with Crippen LogP contribution in [0.5, 0.6) is 5.75 Å². The maximum Gasteiger partial charge on any atom is 0.336 e. The van der Waals surface area contributed by atoms with E-state index in [4.69, 9.17) is 4.74 Å². The molecule has 2 aromatic rings. The molecule has 4 rings (SSSR count). The Morgan fingerprint density at radius 1 is 0.818 bits per heavy atom. The van der Waals surface area contributed by atoms with Crippen LogP contribution in [0.25, 0.3) is 0 Å². The average Bonchev–Trinajstić information content (AvgIpc) is 2.87. The molecule has 0 atom stereocenters. The number of amides is 1. The van der Waals surface area contributed by atoms with Gasteiger partial charge >= 0.3 is 5.97 Å². The van der Waals surface area contributed by atoms with E-state index >= 15 is 0 Å². The van der Waals surface area contributed by atoms with Gasteiger partial charge < -0.3 is 24.5 Å². The van der Waals surface area contributed by atoms with E-state index in [2.05, 4.69) is 21.9 Å². The van der Waals surface area contributed by atoms with Gasteiger partial charge in [-0.25, -0.2) is 4.79 Å². The van der Waals surface area contributed by atoms with Crippen LogP contribution in [0, 0.1) is 0 Å². The first kappa shape index (κ1) is 23.1. The lowest BCUT2D eigenvalue weighted by Crippen LogP contribution is -2.49. The van der Waals surface area contributed by atoms with E-state index in [1.807, 2.05) is 12.1 Å². The fraction of sp³-hybridized carbons (Fsp3) is 0.462. The maximum absolute atomic E-state index is 12.9. The van der Waals surface area contributed by atoms with Crippen molar-refractivity contribution in [2.45, 2.75) is 25.7 Å². The highest BCUT2D eigenvalue weighted by Gasteiger charge is 2.25. The molecule has 2 heterocycles. The van der Waals surface area contributed by atoms with Crippen LogP contribution in [0.3, 0.4) is 0 Å². The Balaban J connectivity index is 1.23. The minimum Gasteiger partial charge on any atom is -0.494 e. The molecule has 0 unspecified atom stereocenters. The summed E-state index contributed by atoms with van der Waals surface area (Å²) in [5.41, 5.74) is 1.41. The fourth-order valence-electron chi connectivity index (χ4n) is 4.61. The van der Waals surface area contributed by atoms with E-state index in [1.165, 1.54) is 38.4 Å². The molecule has 176 valence electrons. The van der Waals surface area contributed by atoms with Crippen LogP contribution < -0.4 is 9.64 Å². The maximum atomic E-state index is 12.9. The van der Waals surface area contributed by atoms with E-state index in [0.29, 0.717) is 26.2 Å². The van der Waals surface area contributed by atoms with Gasteiger partial charge in [0.1, 0.15) is 5.75 Å². The first-order valence-corrected chi connectivity index (χ1v) is 11.9. The molecule has 2 fully saturated rings. The summed E-state index contributed by atoms with van der Waals surface area (Å²) in [6, 6.07) is 14.6. The van der Waals surface area contributed by atoms with Gasteiger partial charge in [0, 0.05) is 38.4 Å². The molecule has 7 heteroatoms. The van der Waals surface area contributed by atoms with E-state index in [0.717, 1.165) is 31.0 Å². The normalized spacial score (nSPS) is 17.1. The third kappa shape index (κ3) is 6.05. The third-order valence-corrected chi connectivity index (χ3v) is 6.49. The molecule has 33 heavy (non-hydrogen) atoms. The number of piperazine rings is 1. The number of carboxylic acids is 1. The molecule has 0 spiro atoms. The quantitative estimate of drug-likeness (QED) is 0.619. The number of anilines is 1. The van der Waals surface area contributed by atoms with Crippen LogP contribution in [0.2, 0.25) is 0 Å². The Morgan fingerprint density at radius 2 is 1.48 bits per heavy atom. The van der Waals surface area contributed by atoms with Crippen LogP contribution >= 0.6 is 0 Å².